The topological polar surface area (TPSA) is 50.1 Å². The fraction of sp³-hybridized carbons (Fsp3) is 0.458. The van der Waals surface area contributed by atoms with Crippen LogP contribution in [0.15, 0.2) is 42.5 Å². The zero-order valence-electron chi connectivity index (χ0n) is 18.8. The Hall–Kier alpha value is -2.80. The highest BCUT2D eigenvalue weighted by Gasteiger charge is 2.31. The molecule has 0 N–H and O–H groups in total. The van der Waals surface area contributed by atoms with E-state index in [0.717, 1.165) is 37.6 Å². The summed E-state index contributed by atoms with van der Waals surface area (Å²) >= 11 is 0. The van der Waals surface area contributed by atoms with Crippen molar-refractivity contribution in [2.24, 2.45) is 5.92 Å². The number of rotatable bonds is 6. The molecule has 0 saturated carbocycles. The highest BCUT2D eigenvalue weighted by Crippen LogP contribution is 2.30. The van der Waals surface area contributed by atoms with Gasteiger partial charge in [-0.05, 0) is 65.1 Å². The van der Waals surface area contributed by atoms with Crippen molar-refractivity contribution in [3.63, 3.8) is 0 Å². The second-order valence-electron chi connectivity index (χ2n) is 8.82. The first-order chi connectivity index (χ1) is 14.9. The Morgan fingerprint density at radius 2 is 1.68 bits per heavy atom. The number of halogens is 1. The van der Waals surface area contributed by atoms with Crippen molar-refractivity contribution in [2.45, 2.75) is 40.3 Å². The number of tetrazole rings is 1. The van der Waals surface area contributed by atoms with Gasteiger partial charge in [-0.3, -0.25) is 4.90 Å². The molecule has 0 bridgehead atoms. The number of anilines is 1. The molecule has 6 nitrogen and oxygen atoms in total. The largest absolute Gasteiger partial charge is 0.369 e. The van der Waals surface area contributed by atoms with Crippen LogP contribution in [0.25, 0.3) is 0 Å². The van der Waals surface area contributed by atoms with Gasteiger partial charge in [-0.15, -0.1) is 5.10 Å². The summed E-state index contributed by atoms with van der Waals surface area (Å²) in [5.41, 5.74) is 4.94. The molecule has 1 aliphatic rings. The SMILES string of the molecule is Cc1ccc(C)c(N2CCN([C@@H](c3nnnn3Cc3ccc(F)cc3)C(C)C)CC2)c1. The van der Waals surface area contributed by atoms with E-state index in [9.17, 15) is 4.39 Å². The molecule has 1 aromatic heterocycles. The number of hydrogen-bond acceptors (Lipinski definition) is 5. The van der Waals surface area contributed by atoms with E-state index in [4.69, 9.17) is 0 Å². The van der Waals surface area contributed by atoms with Crippen molar-refractivity contribution in [3.8, 4) is 0 Å². The minimum absolute atomic E-state index is 0.135. The van der Waals surface area contributed by atoms with E-state index in [1.54, 1.807) is 12.1 Å². The first kappa shape index (κ1) is 21.4. The van der Waals surface area contributed by atoms with E-state index in [2.05, 4.69) is 71.2 Å². The molecule has 31 heavy (non-hydrogen) atoms. The quantitative estimate of drug-likeness (QED) is 0.601. The number of aryl methyl sites for hydroxylation is 2. The van der Waals surface area contributed by atoms with Crippen LogP contribution in [0.5, 0.6) is 0 Å². The molecule has 0 radical (unpaired) electrons. The molecule has 3 aromatic rings. The summed E-state index contributed by atoms with van der Waals surface area (Å²) in [6.45, 7) is 13.2. The van der Waals surface area contributed by atoms with Crippen molar-refractivity contribution < 1.29 is 4.39 Å². The molecule has 164 valence electrons. The van der Waals surface area contributed by atoms with Crippen LogP contribution in [-0.4, -0.2) is 51.3 Å². The fourth-order valence-electron chi connectivity index (χ4n) is 4.48. The second-order valence-corrected chi connectivity index (χ2v) is 8.82. The summed E-state index contributed by atoms with van der Waals surface area (Å²) < 4.78 is 15.1. The number of benzene rings is 2. The van der Waals surface area contributed by atoms with Gasteiger partial charge in [0, 0.05) is 31.9 Å². The average molecular weight is 423 g/mol. The van der Waals surface area contributed by atoms with E-state index in [-0.39, 0.29) is 11.9 Å². The average Bonchev–Trinajstić information content (AvgIpc) is 3.19. The second kappa shape index (κ2) is 9.14. The van der Waals surface area contributed by atoms with Gasteiger partial charge in [0.05, 0.1) is 12.6 Å². The molecule has 0 unspecified atom stereocenters. The van der Waals surface area contributed by atoms with Crippen molar-refractivity contribution in [1.82, 2.24) is 25.1 Å². The first-order valence-corrected chi connectivity index (χ1v) is 11.0. The van der Waals surface area contributed by atoms with Crippen LogP contribution in [0, 0.1) is 25.6 Å². The van der Waals surface area contributed by atoms with E-state index < -0.39 is 0 Å². The third-order valence-corrected chi connectivity index (χ3v) is 6.11. The molecule has 4 rings (SSSR count). The van der Waals surface area contributed by atoms with E-state index in [1.807, 2.05) is 4.68 Å². The lowest BCUT2D eigenvalue weighted by molar-refractivity contribution is 0.135. The third-order valence-electron chi connectivity index (χ3n) is 6.11. The lowest BCUT2D eigenvalue weighted by Gasteiger charge is -2.41. The Bertz CT molecular complexity index is 1010. The predicted molar refractivity (Wildman–Crippen MR) is 121 cm³/mol. The number of hydrogen-bond donors (Lipinski definition) is 0. The van der Waals surface area contributed by atoms with Crippen LogP contribution in [0.4, 0.5) is 10.1 Å². The van der Waals surface area contributed by atoms with Gasteiger partial charge in [0.1, 0.15) is 5.82 Å². The highest BCUT2D eigenvalue weighted by atomic mass is 19.1. The van der Waals surface area contributed by atoms with E-state index in [0.29, 0.717) is 12.5 Å². The molecular weight excluding hydrogens is 391 g/mol. The first-order valence-electron chi connectivity index (χ1n) is 11.0. The van der Waals surface area contributed by atoms with Crippen molar-refractivity contribution >= 4 is 5.69 Å². The molecule has 7 heteroatoms. The zero-order valence-corrected chi connectivity index (χ0v) is 18.8. The molecule has 0 spiro atoms. The fourth-order valence-corrected chi connectivity index (χ4v) is 4.48. The molecule has 1 aliphatic heterocycles. The normalized spacial score (nSPS) is 16.1. The van der Waals surface area contributed by atoms with Gasteiger partial charge in [-0.25, -0.2) is 9.07 Å². The van der Waals surface area contributed by atoms with Gasteiger partial charge in [-0.2, -0.15) is 0 Å². The van der Waals surface area contributed by atoms with Gasteiger partial charge in [0.15, 0.2) is 5.82 Å². The molecule has 1 atom stereocenters. The molecule has 1 saturated heterocycles. The zero-order chi connectivity index (χ0) is 22.0. The van der Waals surface area contributed by atoms with Gasteiger partial charge < -0.3 is 4.90 Å². The Balaban J connectivity index is 1.50. The van der Waals surface area contributed by atoms with Crippen molar-refractivity contribution in [3.05, 3.63) is 70.8 Å². The number of nitrogens with zero attached hydrogens (tertiary/aromatic N) is 6. The molecule has 0 aliphatic carbocycles. The molecule has 2 heterocycles. The lowest BCUT2D eigenvalue weighted by atomic mass is 10.00. The Morgan fingerprint density at radius 1 is 0.968 bits per heavy atom. The summed E-state index contributed by atoms with van der Waals surface area (Å²) in [6, 6.07) is 13.3. The molecular formula is C24H31FN6. The molecule has 0 amide bonds. The van der Waals surface area contributed by atoms with Crippen LogP contribution < -0.4 is 4.90 Å². The molecule has 1 fully saturated rings. The predicted octanol–water partition coefficient (Wildman–Crippen LogP) is 4.00. The lowest BCUT2D eigenvalue weighted by Crippen LogP contribution is -2.49. The third kappa shape index (κ3) is 4.77. The highest BCUT2D eigenvalue weighted by molar-refractivity contribution is 5.55. The summed E-state index contributed by atoms with van der Waals surface area (Å²) in [6.07, 6.45) is 0. The van der Waals surface area contributed by atoms with Gasteiger partial charge >= 0.3 is 0 Å². The van der Waals surface area contributed by atoms with Gasteiger partial charge in [0.25, 0.3) is 0 Å². The van der Waals surface area contributed by atoms with Crippen LogP contribution >= 0.6 is 0 Å². The Labute approximate surface area is 183 Å². The maximum absolute atomic E-state index is 13.3. The summed E-state index contributed by atoms with van der Waals surface area (Å²) in [5, 5.41) is 12.6. The molecule has 2 aromatic carbocycles. The van der Waals surface area contributed by atoms with Crippen molar-refractivity contribution in [1.29, 1.82) is 0 Å². The van der Waals surface area contributed by atoms with Crippen LogP contribution in [0.3, 0.4) is 0 Å². The van der Waals surface area contributed by atoms with Gasteiger partial charge in [0.2, 0.25) is 0 Å². The Kier molecular flexibility index (Phi) is 6.32. The van der Waals surface area contributed by atoms with Crippen LogP contribution in [0.2, 0.25) is 0 Å². The van der Waals surface area contributed by atoms with Crippen molar-refractivity contribution in [2.75, 3.05) is 31.1 Å². The monoisotopic (exact) mass is 422 g/mol. The van der Waals surface area contributed by atoms with Crippen LogP contribution in [0.1, 0.15) is 42.4 Å². The van der Waals surface area contributed by atoms with Gasteiger partial charge in [-0.1, -0.05) is 38.1 Å². The minimum Gasteiger partial charge on any atom is -0.369 e. The standard InChI is InChI=1S/C24H31FN6/c1-17(2)23(24-26-27-28-31(24)16-20-7-9-21(25)10-8-20)30-13-11-29(12-14-30)22-15-18(3)5-6-19(22)4/h5-10,15,17,23H,11-14,16H2,1-4H3/t23-/m1/s1. The van der Waals surface area contributed by atoms with E-state index in [1.165, 1.54) is 28.9 Å². The summed E-state index contributed by atoms with van der Waals surface area (Å²) in [5.74, 6) is 1.01. The smallest absolute Gasteiger partial charge is 0.169 e. The maximum Gasteiger partial charge on any atom is 0.169 e. The minimum atomic E-state index is -0.234. The number of piperazine rings is 1. The van der Waals surface area contributed by atoms with Crippen LogP contribution in [-0.2, 0) is 6.54 Å². The maximum atomic E-state index is 13.3. The van der Waals surface area contributed by atoms with E-state index >= 15 is 0 Å². The summed E-state index contributed by atoms with van der Waals surface area (Å²) in [7, 11) is 0. The number of aromatic nitrogens is 4. The summed E-state index contributed by atoms with van der Waals surface area (Å²) in [4.78, 5) is 4.98. The Morgan fingerprint density at radius 3 is 2.35 bits per heavy atom.